The van der Waals surface area contributed by atoms with E-state index in [0.29, 0.717) is 6.54 Å². The largest absolute Gasteiger partial charge is 0.443 e. The van der Waals surface area contributed by atoms with Crippen molar-refractivity contribution in [3.05, 3.63) is 54.1 Å². The molecule has 1 heterocycles. The SMILES string of the molecule is CC(C)(C)OC(=O)N1CC(C)(C)c2cc(-c3ccccc3)ccc21. The van der Waals surface area contributed by atoms with Crippen molar-refractivity contribution in [1.29, 1.82) is 0 Å². The summed E-state index contributed by atoms with van der Waals surface area (Å²) in [5.41, 5.74) is 3.91. The number of benzene rings is 2. The van der Waals surface area contributed by atoms with Crippen molar-refractivity contribution in [2.75, 3.05) is 11.4 Å². The summed E-state index contributed by atoms with van der Waals surface area (Å²) in [7, 11) is 0. The highest BCUT2D eigenvalue weighted by atomic mass is 16.6. The first-order chi connectivity index (χ1) is 11.2. The Morgan fingerprint density at radius 3 is 2.33 bits per heavy atom. The minimum absolute atomic E-state index is 0.100. The summed E-state index contributed by atoms with van der Waals surface area (Å²) in [5.74, 6) is 0. The molecule has 2 aromatic rings. The molecule has 0 unspecified atom stereocenters. The van der Waals surface area contributed by atoms with Crippen molar-refractivity contribution >= 4 is 11.8 Å². The molecule has 1 aliphatic rings. The summed E-state index contributed by atoms with van der Waals surface area (Å²) < 4.78 is 5.57. The van der Waals surface area contributed by atoms with Crippen LogP contribution in [0.25, 0.3) is 11.1 Å². The lowest BCUT2D eigenvalue weighted by atomic mass is 9.85. The fourth-order valence-electron chi connectivity index (χ4n) is 3.17. The minimum atomic E-state index is -0.492. The molecule has 24 heavy (non-hydrogen) atoms. The van der Waals surface area contributed by atoms with Gasteiger partial charge in [-0.25, -0.2) is 4.79 Å². The predicted molar refractivity (Wildman–Crippen MR) is 98.5 cm³/mol. The van der Waals surface area contributed by atoms with Crippen LogP contribution in [0.15, 0.2) is 48.5 Å². The lowest BCUT2D eigenvalue weighted by molar-refractivity contribution is 0.0579. The number of anilines is 1. The summed E-state index contributed by atoms with van der Waals surface area (Å²) in [5, 5.41) is 0. The van der Waals surface area contributed by atoms with Gasteiger partial charge in [0, 0.05) is 12.0 Å². The molecular weight excluding hydrogens is 298 g/mol. The maximum Gasteiger partial charge on any atom is 0.414 e. The number of rotatable bonds is 1. The van der Waals surface area contributed by atoms with Gasteiger partial charge in [0.2, 0.25) is 0 Å². The Morgan fingerprint density at radius 2 is 1.71 bits per heavy atom. The highest BCUT2D eigenvalue weighted by Crippen LogP contribution is 2.42. The molecule has 3 nitrogen and oxygen atoms in total. The molecule has 2 aromatic carbocycles. The van der Waals surface area contributed by atoms with Gasteiger partial charge in [-0.3, -0.25) is 4.90 Å². The smallest absolute Gasteiger partial charge is 0.414 e. The maximum absolute atomic E-state index is 12.6. The maximum atomic E-state index is 12.6. The first-order valence-corrected chi connectivity index (χ1v) is 8.38. The molecule has 0 saturated carbocycles. The van der Waals surface area contributed by atoms with Crippen LogP contribution in [-0.2, 0) is 10.2 Å². The topological polar surface area (TPSA) is 29.5 Å². The Kier molecular flexibility index (Phi) is 3.90. The second kappa shape index (κ2) is 5.66. The lowest BCUT2D eigenvalue weighted by Gasteiger charge is -2.25. The standard InChI is InChI=1S/C21H25NO2/c1-20(2,3)24-19(23)22-14-21(4,5)17-13-16(11-12-18(17)22)15-9-7-6-8-10-15/h6-13H,14H2,1-5H3. The van der Waals surface area contributed by atoms with Crippen LogP contribution < -0.4 is 4.90 Å². The third-order valence-electron chi connectivity index (χ3n) is 4.29. The second-order valence-corrected chi connectivity index (χ2v) is 8.05. The molecule has 3 heteroatoms. The van der Waals surface area contributed by atoms with E-state index in [1.807, 2.05) is 45.0 Å². The van der Waals surface area contributed by atoms with E-state index in [4.69, 9.17) is 4.74 Å². The number of carbonyl (C=O) groups is 1. The monoisotopic (exact) mass is 323 g/mol. The fraction of sp³-hybridized carbons (Fsp3) is 0.381. The number of carbonyl (C=O) groups excluding carboxylic acids is 1. The van der Waals surface area contributed by atoms with Crippen molar-refractivity contribution in [2.24, 2.45) is 0 Å². The van der Waals surface area contributed by atoms with E-state index in [2.05, 4.69) is 38.1 Å². The van der Waals surface area contributed by atoms with E-state index in [1.165, 1.54) is 16.7 Å². The van der Waals surface area contributed by atoms with E-state index < -0.39 is 5.60 Å². The summed E-state index contributed by atoms with van der Waals surface area (Å²) >= 11 is 0. The molecule has 0 saturated heterocycles. The van der Waals surface area contributed by atoms with Gasteiger partial charge in [0.15, 0.2) is 0 Å². The molecule has 0 N–H and O–H groups in total. The van der Waals surface area contributed by atoms with E-state index in [-0.39, 0.29) is 11.5 Å². The van der Waals surface area contributed by atoms with Crippen molar-refractivity contribution in [3.63, 3.8) is 0 Å². The zero-order chi connectivity index (χ0) is 17.5. The van der Waals surface area contributed by atoms with E-state index in [9.17, 15) is 4.79 Å². The van der Waals surface area contributed by atoms with Gasteiger partial charge in [0.25, 0.3) is 0 Å². The number of hydrogen-bond donors (Lipinski definition) is 0. The van der Waals surface area contributed by atoms with Crippen LogP contribution >= 0.6 is 0 Å². The van der Waals surface area contributed by atoms with Crippen LogP contribution in [0.4, 0.5) is 10.5 Å². The molecular formula is C21H25NO2. The zero-order valence-corrected chi connectivity index (χ0v) is 15.1. The molecule has 0 aliphatic carbocycles. The molecule has 0 atom stereocenters. The number of amides is 1. The summed E-state index contributed by atoms with van der Waals surface area (Å²) in [6.45, 7) is 10.7. The van der Waals surface area contributed by atoms with Gasteiger partial charge in [-0.05, 0) is 49.6 Å². The van der Waals surface area contributed by atoms with E-state index in [0.717, 1.165) is 5.69 Å². The summed E-state index contributed by atoms with van der Waals surface area (Å²) in [4.78, 5) is 14.3. The zero-order valence-electron chi connectivity index (χ0n) is 15.1. The van der Waals surface area contributed by atoms with Gasteiger partial charge in [-0.1, -0.05) is 50.2 Å². The summed E-state index contributed by atoms with van der Waals surface area (Å²) in [6.07, 6.45) is -0.276. The third-order valence-corrected chi connectivity index (χ3v) is 4.29. The molecule has 0 radical (unpaired) electrons. The molecule has 3 rings (SSSR count). The number of fused-ring (bicyclic) bond motifs is 1. The first kappa shape index (κ1) is 16.6. The van der Waals surface area contributed by atoms with Gasteiger partial charge in [-0.2, -0.15) is 0 Å². The quantitative estimate of drug-likeness (QED) is 0.704. The molecule has 0 spiro atoms. The van der Waals surface area contributed by atoms with E-state index >= 15 is 0 Å². The molecule has 0 bridgehead atoms. The van der Waals surface area contributed by atoms with Gasteiger partial charge in [0.1, 0.15) is 5.60 Å². The Hall–Kier alpha value is -2.29. The Labute approximate surface area is 144 Å². The van der Waals surface area contributed by atoms with Crippen LogP contribution in [0.5, 0.6) is 0 Å². The van der Waals surface area contributed by atoms with Gasteiger partial charge in [0.05, 0.1) is 5.69 Å². The van der Waals surface area contributed by atoms with Crippen LogP contribution in [0.1, 0.15) is 40.2 Å². The molecule has 126 valence electrons. The average Bonchev–Trinajstić information content (AvgIpc) is 2.78. The second-order valence-electron chi connectivity index (χ2n) is 8.05. The highest BCUT2D eigenvalue weighted by molar-refractivity contribution is 5.92. The van der Waals surface area contributed by atoms with E-state index in [1.54, 1.807) is 4.90 Å². The number of ether oxygens (including phenoxy) is 1. The normalized spacial score (nSPS) is 16.0. The van der Waals surface area contributed by atoms with Gasteiger partial charge in [-0.15, -0.1) is 0 Å². The molecule has 1 aliphatic heterocycles. The van der Waals surface area contributed by atoms with Crippen molar-refractivity contribution in [2.45, 2.75) is 45.6 Å². The number of nitrogens with zero attached hydrogens (tertiary/aromatic N) is 1. The fourth-order valence-corrected chi connectivity index (χ4v) is 3.17. The van der Waals surface area contributed by atoms with Crippen molar-refractivity contribution < 1.29 is 9.53 Å². The Bertz CT molecular complexity index is 757. The molecule has 0 fully saturated rings. The number of hydrogen-bond acceptors (Lipinski definition) is 2. The third kappa shape index (κ3) is 3.16. The lowest BCUT2D eigenvalue weighted by Crippen LogP contribution is -2.38. The molecule has 1 amide bonds. The van der Waals surface area contributed by atoms with Gasteiger partial charge < -0.3 is 4.74 Å². The van der Waals surface area contributed by atoms with Crippen LogP contribution in [0.2, 0.25) is 0 Å². The predicted octanol–water partition coefficient (Wildman–Crippen LogP) is 5.39. The van der Waals surface area contributed by atoms with Crippen molar-refractivity contribution in [3.8, 4) is 11.1 Å². The highest BCUT2D eigenvalue weighted by Gasteiger charge is 2.39. The van der Waals surface area contributed by atoms with Crippen LogP contribution in [0.3, 0.4) is 0 Å². The summed E-state index contributed by atoms with van der Waals surface area (Å²) in [6, 6.07) is 16.6. The molecule has 0 aromatic heterocycles. The van der Waals surface area contributed by atoms with Crippen LogP contribution in [-0.4, -0.2) is 18.2 Å². The van der Waals surface area contributed by atoms with Gasteiger partial charge >= 0.3 is 6.09 Å². The Morgan fingerprint density at radius 1 is 1.04 bits per heavy atom. The van der Waals surface area contributed by atoms with Crippen LogP contribution in [0, 0.1) is 0 Å². The van der Waals surface area contributed by atoms with Crippen molar-refractivity contribution in [1.82, 2.24) is 0 Å². The minimum Gasteiger partial charge on any atom is -0.443 e. The average molecular weight is 323 g/mol. The first-order valence-electron chi connectivity index (χ1n) is 8.38. The Balaban J connectivity index is 1.98.